The lowest BCUT2D eigenvalue weighted by Gasteiger charge is -2.23. The molecule has 1 aromatic heterocycles. The molecule has 0 aromatic carbocycles. The SMILES string of the molecule is O=C(C1CC1)N1C[C@@H]2CCN(Cc3ccco3)[C@@H]2C1. The predicted molar refractivity (Wildman–Crippen MR) is 70.3 cm³/mol. The molecule has 1 aliphatic carbocycles. The summed E-state index contributed by atoms with van der Waals surface area (Å²) in [7, 11) is 0. The standard InChI is InChI=1S/C15H20N2O2/c18-15(11-3-4-11)17-8-12-5-6-16(14(12)10-17)9-13-2-1-7-19-13/h1-2,7,11-12,14H,3-6,8-10H2/t12-,14+/m0/s1. The van der Waals surface area contributed by atoms with Crippen molar-refractivity contribution in [3.05, 3.63) is 24.2 Å². The lowest BCUT2D eigenvalue weighted by atomic mass is 10.1. The average Bonchev–Trinajstić information content (AvgIpc) is 2.84. The molecule has 3 fully saturated rings. The molecule has 3 heterocycles. The normalized spacial score (nSPS) is 30.8. The van der Waals surface area contributed by atoms with Gasteiger partial charge in [0.1, 0.15) is 5.76 Å². The Kier molecular flexibility index (Phi) is 2.65. The van der Waals surface area contributed by atoms with Gasteiger partial charge in [0.2, 0.25) is 5.91 Å². The number of likely N-dealkylation sites (tertiary alicyclic amines) is 2. The van der Waals surface area contributed by atoms with E-state index >= 15 is 0 Å². The maximum absolute atomic E-state index is 12.2. The van der Waals surface area contributed by atoms with Crippen LogP contribution >= 0.6 is 0 Å². The lowest BCUT2D eigenvalue weighted by molar-refractivity contribution is -0.131. The van der Waals surface area contributed by atoms with Gasteiger partial charge in [-0.05, 0) is 43.9 Å². The molecule has 2 saturated heterocycles. The number of amides is 1. The number of nitrogens with zero attached hydrogens (tertiary/aromatic N) is 2. The molecule has 0 radical (unpaired) electrons. The first kappa shape index (κ1) is 11.5. The van der Waals surface area contributed by atoms with Gasteiger partial charge in [0.15, 0.2) is 0 Å². The molecule has 19 heavy (non-hydrogen) atoms. The first-order chi connectivity index (χ1) is 9.31. The fourth-order valence-corrected chi connectivity index (χ4v) is 3.62. The zero-order valence-corrected chi connectivity index (χ0v) is 11.1. The Labute approximate surface area is 113 Å². The summed E-state index contributed by atoms with van der Waals surface area (Å²) in [6.07, 6.45) is 5.18. The Morgan fingerprint density at radius 3 is 2.95 bits per heavy atom. The van der Waals surface area contributed by atoms with Gasteiger partial charge in [0, 0.05) is 25.0 Å². The van der Waals surface area contributed by atoms with Crippen molar-refractivity contribution < 1.29 is 9.21 Å². The zero-order valence-electron chi connectivity index (χ0n) is 11.1. The van der Waals surface area contributed by atoms with Gasteiger partial charge in [0.25, 0.3) is 0 Å². The third-order valence-electron chi connectivity index (χ3n) is 4.84. The molecule has 1 amide bonds. The second kappa shape index (κ2) is 4.37. The lowest BCUT2D eigenvalue weighted by Crippen LogP contribution is -2.37. The number of fused-ring (bicyclic) bond motifs is 1. The highest BCUT2D eigenvalue weighted by Gasteiger charge is 2.45. The molecule has 102 valence electrons. The maximum atomic E-state index is 12.2. The van der Waals surface area contributed by atoms with E-state index in [0.29, 0.717) is 23.8 Å². The first-order valence-corrected chi connectivity index (χ1v) is 7.36. The highest BCUT2D eigenvalue weighted by molar-refractivity contribution is 5.81. The van der Waals surface area contributed by atoms with Crippen LogP contribution < -0.4 is 0 Å². The second-order valence-corrected chi connectivity index (χ2v) is 6.18. The van der Waals surface area contributed by atoms with Crippen LogP contribution in [0.4, 0.5) is 0 Å². The summed E-state index contributed by atoms with van der Waals surface area (Å²) in [6, 6.07) is 4.53. The summed E-state index contributed by atoms with van der Waals surface area (Å²) in [5, 5.41) is 0. The molecule has 4 rings (SSSR count). The van der Waals surface area contributed by atoms with Gasteiger partial charge in [-0.15, -0.1) is 0 Å². The van der Waals surface area contributed by atoms with Crippen LogP contribution in [0.2, 0.25) is 0 Å². The molecule has 0 bridgehead atoms. The molecule has 2 aliphatic heterocycles. The van der Waals surface area contributed by atoms with Gasteiger partial charge in [-0.25, -0.2) is 0 Å². The molecular weight excluding hydrogens is 240 g/mol. The van der Waals surface area contributed by atoms with Crippen LogP contribution in [0.15, 0.2) is 22.8 Å². The van der Waals surface area contributed by atoms with Gasteiger partial charge in [-0.3, -0.25) is 9.69 Å². The van der Waals surface area contributed by atoms with E-state index in [-0.39, 0.29) is 0 Å². The fourth-order valence-electron chi connectivity index (χ4n) is 3.62. The molecule has 4 nitrogen and oxygen atoms in total. The van der Waals surface area contributed by atoms with E-state index in [9.17, 15) is 4.79 Å². The molecule has 1 saturated carbocycles. The van der Waals surface area contributed by atoms with Crippen LogP contribution in [-0.4, -0.2) is 41.4 Å². The highest BCUT2D eigenvalue weighted by Crippen LogP contribution is 2.37. The monoisotopic (exact) mass is 260 g/mol. The van der Waals surface area contributed by atoms with Crippen LogP contribution in [-0.2, 0) is 11.3 Å². The molecule has 2 atom stereocenters. The molecule has 3 aliphatic rings. The van der Waals surface area contributed by atoms with Crippen molar-refractivity contribution in [2.75, 3.05) is 19.6 Å². The van der Waals surface area contributed by atoms with E-state index < -0.39 is 0 Å². The number of hydrogen-bond acceptors (Lipinski definition) is 3. The Hall–Kier alpha value is -1.29. The number of carbonyl (C=O) groups excluding carboxylic acids is 1. The molecule has 4 heteroatoms. The van der Waals surface area contributed by atoms with Crippen molar-refractivity contribution in [1.82, 2.24) is 9.80 Å². The summed E-state index contributed by atoms with van der Waals surface area (Å²) in [6.45, 7) is 3.94. The summed E-state index contributed by atoms with van der Waals surface area (Å²) in [5.41, 5.74) is 0. The summed E-state index contributed by atoms with van der Waals surface area (Å²) in [4.78, 5) is 16.8. The van der Waals surface area contributed by atoms with Crippen LogP contribution in [0.3, 0.4) is 0 Å². The van der Waals surface area contributed by atoms with E-state index in [1.807, 2.05) is 12.1 Å². The van der Waals surface area contributed by atoms with Crippen molar-refractivity contribution in [2.45, 2.75) is 31.8 Å². The van der Waals surface area contributed by atoms with Gasteiger partial charge in [0.05, 0.1) is 12.8 Å². The number of hydrogen-bond donors (Lipinski definition) is 0. The summed E-state index contributed by atoms with van der Waals surface area (Å²) >= 11 is 0. The van der Waals surface area contributed by atoms with Crippen molar-refractivity contribution in [3.8, 4) is 0 Å². The van der Waals surface area contributed by atoms with Crippen LogP contribution in [0, 0.1) is 11.8 Å². The topological polar surface area (TPSA) is 36.7 Å². The number of carbonyl (C=O) groups is 1. The van der Waals surface area contributed by atoms with Crippen molar-refractivity contribution in [3.63, 3.8) is 0 Å². The average molecular weight is 260 g/mol. The Bertz CT molecular complexity index is 466. The van der Waals surface area contributed by atoms with Crippen molar-refractivity contribution in [1.29, 1.82) is 0 Å². The van der Waals surface area contributed by atoms with E-state index in [4.69, 9.17) is 4.42 Å². The Balaban J connectivity index is 1.42. The van der Waals surface area contributed by atoms with Crippen molar-refractivity contribution in [2.24, 2.45) is 11.8 Å². The smallest absolute Gasteiger partial charge is 0.225 e. The highest BCUT2D eigenvalue weighted by atomic mass is 16.3. The largest absolute Gasteiger partial charge is 0.468 e. The van der Waals surface area contributed by atoms with Gasteiger partial charge in [-0.2, -0.15) is 0 Å². The van der Waals surface area contributed by atoms with Gasteiger partial charge in [-0.1, -0.05) is 0 Å². The molecular formula is C15H20N2O2. The Morgan fingerprint density at radius 1 is 1.32 bits per heavy atom. The summed E-state index contributed by atoms with van der Waals surface area (Å²) in [5.74, 6) is 2.48. The van der Waals surface area contributed by atoms with E-state index in [1.165, 1.54) is 6.42 Å². The first-order valence-electron chi connectivity index (χ1n) is 7.36. The van der Waals surface area contributed by atoms with E-state index in [0.717, 1.165) is 44.8 Å². The van der Waals surface area contributed by atoms with Gasteiger partial charge >= 0.3 is 0 Å². The predicted octanol–water partition coefficient (Wildman–Crippen LogP) is 1.72. The fraction of sp³-hybridized carbons (Fsp3) is 0.667. The van der Waals surface area contributed by atoms with Crippen LogP contribution in [0.5, 0.6) is 0 Å². The molecule has 0 spiro atoms. The number of furan rings is 1. The summed E-state index contributed by atoms with van der Waals surface area (Å²) < 4.78 is 5.44. The third-order valence-corrected chi connectivity index (χ3v) is 4.84. The number of rotatable bonds is 3. The minimum Gasteiger partial charge on any atom is -0.468 e. The zero-order chi connectivity index (χ0) is 12.8. The molecule has 0 unspecified atom stereocenters. The quantitative estimate of drug-likeness (QED) is 0.830. The van der Waals surface area contributed by atoms with E-state index in [1.54, 1.807) is 6.26 Å². The minimum absolute atomic E-state index is 0.359. The van der Waals surface area contributed by atoms with Crippen LogP contribution in [0.1, 0.15) is 25.0 Å². The van der Waals surface area contributed by atoms with Crippen LogP contribution in [0.25, 0.3) is 0 Å². The van der Waals surface area contributed by atoms with Crippen molar-refractivity contribution >= 4 is 5.91 Å². The Morgan fingerprint density at radius 2 is 2.21 bits per heavy atom. The molecule has 0 N–H and O–H groups in total. The third kappa shape index (κ3) is 2.08. The second-order valence-electron chi connectivity index (χ2n) is 6.18. The van der Waals surface area contributed by atoms with Gasteiger partial charge < -0.3 is 9.32 Å². The minimum atomic E-state index is 0.359. The van der Waals surface area contributed by atoms with E-state index in [2.05, 4.69) is 9.80 Å². The maximum Gasteiger partial charge on any atom is 0.225 e. The molecule has 1 aromatic rings.